The summed E-state index contributed by atoms with van der Waals surface area (Å²) in [4.78, 5) is 16.7. The quantitative estimate of drug-likeness (QED) is 0.766. The summed E-state index contributed by atoms with van der Waals surface area (Å²) in [6.45, 7) is 2.94. The molecule has 0 spiro atoms. The summed E-state index contributed by atoms with van der Waals surface area (Å²) in [6.07, 6.45) is 8.35. The third-order valence-corrected chi connectivity index (χ3v) is 6.08. The Balaban J connectivity index is 1.48. The van der Waals surface area contributed by atoms with Gasteiger partial charge in [-0.2, -0.15) is 5.26 Å². The Morgan fingerprint density at radius 3 is 2.41 bits per heavy atom. The van der Waals surface area contributed by atoms with Crippen LogP contribution in [-0.2, 0) is 4.79 Å². The molecule has 146 valence electrons. The average molecular weight is 370 g/mol. The Bertz CT molecular complexity index is 639. The number of nitrogens with zero attached hydrogens (tertiary/aromatic N) is 3. The molecule has 27 heavy (non-hydrogen) atoms. The first-order valence-corrected chi connectivity index (χ1v) is 10.3. The SMILES string of the molecule is COc1ccc(C(C#N)N2CCN(C(=O)CCC3CCCCC3)CC2)cc1. The third-order valence-electron chi connectivity index (χ3n) is 6.08. The Morgan fingerprint density at radius 1 is 1.15 bits per heavy atom. The zero-order chi connectivity index (χ0) is 19.1. The van der Waals surface area contributed by atoms with Crippen molar-refractivity contribution in [2.24, 2.45) is 5.92 Å². The van der Waals surface area contributed by atoms with Crippen molar-refractivity contribution in [3.63, 3.8) is 0 Å². The molecular formula is C22H31N3O2. The molecule has 1 amide bonds. The van der Waals surface area contributed by atoms with Crippen molar-refractivity contribution >= 4 is 5.91 Å². The number of ether oxygens (including phenoxy) is 1. The van der Waals surface area contributed by atoms with Gasteiger partial charge in [-0.15, -0.1) is 0 Å². The molecule has 1 saturated heterocycles. The van der Waals surface area contributed by atoms with Crippen LogP contribution in [0.15, 0.2) is 24.3 Å². The van der Waals surface area contributed by atoms with Crippen molar-refractivity contribution in [3.05, 3.63) is 29.8 Å². The summed E-state index contributed by atoms with van der Waals surface area (Å²) in [5, 5.41) is 9.66. The lowest BCUT2D eigenvalue weighted by Gasteiger charge is -2.37. The maximum absolute atomic E-state index is 12.6. The number of methoxy groups -OCH3 is 1. The van der Waals surface area contributed by atoms with Gasteiger partial charge in [-0.05, 0) is 30.0 Å². The van der Waals surface area contributed by atoms with E-state index in [4.69, 9.17) is 4.74 Å². The molecule has 0 radical (unpaired) electrons. The Labute approximate surface area is 162 Å². The molecule has 0 aromatic heterocycles. The van der Waals surface area contributed by atoms with Gasteiger partial charge in [0.05, 0.1) is 13.2 Å². The normalized spacial score (nSPS) is 20.1. The van der Waals surface area contributed by atoms with Crippen molar-refractivity contribution in [3.8, 4) is 11.8 Å². The highest BCUT2D eigenvalue weighted by atomic mass is 16.5. The number of amides is 1. The minimum atomic E-state index is -0.268. The van der Waals surface area contributed by atoms with Crippen LogP contribution in [0.2, 0.25) is 0 Å². The fourth-order valence-corrected chi connectivity index (χ4v) is 4.34. The van der Waals surface area contributed by atoms with Gasteiger partial charge in [0, 0.05) is 32.6 Å². The largest absolute Gasteiger partial charge is 0.497 e. The van der Waals surface area contributed by atoms with Crippen molar-refractivity contribution < 1.29 is 9.53 Å². The molecule has 2 fully saturated rings. The van der Waals surface area contributed by atoms with Gasteiger partial charge in [0.15, 0.2) is 0 Å². The Morgan fingerprint density at radius 2 is 1.81 bits per heavy atom. The molecule has 1 aromatic rings. The van der Waals surface area contributed by atoms with E-state index in [0.29, 0.717) is 6.42 Å². The van der Waals surface area contributed by atoms with E-state index < -0.39 is 0 Å². The number of piperazine rings is 1. The lowest BCUT2D eigenvalue weighted by atomic mass is 9.86. The summed E-state index contributed by atoms with van der Waals surface area (Å²) in [6, 6.07) is 9.84. The second-order valence-electron chi connectivity index (χ2n) is 7.76. The molecule has 0 N–H and O–H groups in total. The molecule has 3 rings (SSSR count). The maximum atomic E-state index is 12.6. The predicted octanol–water partition coefficient (Wildman–Crippen LogP) is 3.76. The van der Waals surface area contributed by atoms with E-state index in [9.17, 15) is 10.1 Å². The molecule has 5 nitrogen and oxygen atoms in total. The van der Waals surface area contributed by atoms with Crippen LogP contribution in [0.3, 0.4) is 0 Å². The van der Waals surface area contributed by atoms with Crippen molar-refractivity contribution in [2.75, 3.05) is 33.3 Å². The average Bonchev–Trinajstić information content (AvgIpc) is 2.74. The van der Waals surface area contributed by atoms with E-state index in [1.807, 2.05) is 29.2 Å². The zero-order valence-electron chi connectivity index (χ0n) is 16.4. The lowest BCUT2D eigenvalue weighted by molar-refractivity contribution is -0.133. The Hall–Kier alpha value is -2.06. The van der Waals surface area contributed by atoms with Crippen LogP contribution < -0.4 is 4.74 Å². The minimum Gasteiger partial charge on any atom is -0.497 e. The maximum Gasteiger partial charge on any atom is 0.222 e. The van der Waals surface area contributed by atoms with E-state index in [0.717, 1.165) is 49.8 Å². The van der Waals surface area contributed by atoms with Crippen molar-refractivity contribution in [2.45, 2.75) is 51.0 Å². The molecule has 1 saturated carbocycles. The number of hydrogen-bond donors (Lipinski definition) is 0. The van der Waals surface area contributed by atoms with Crippen LogP contribution in [0.4, 0.5) is 0 Å². The monoisotopic (exact) mass is 369 g/mol. The van der Waals surface area contributed by atoms with Crippen LogP contribution in [0, 0.1) is 17.2 Å². The molecule has 1 atom stereocenters. The second kappa shape index (κ2) is 9.75. The number of rotatable bonds is 6. The fraction of sp³-hybridized carbons (Fsp3) is 0.636. The number of carbonyl (C=O) groups is 1. The molecule has 1 heterocycles. The van der Waals surface area contributed by atoms with Gasteiger partial charge in [-0.1, -0.05) is 44.2 Å². The first-order chi connectivity index (χ1) is 13.2. The first kappa shape index (κ1) is 19.7. The van der Waals surface area contributed by atoms with Gasteiger partial charge >= 0.3 is 0 Å². The molecule has 1 aromatic carbocycles. The molecule has 2 aliphatic rings. The summed E-state index contributed by atoms with van der Waals surface area (Å²) >= 11 is 0. The van der Waals surface area contributed by atoms with Crippen molar-refractivity contribution in [1.82, 2.24) is 9.80 Å². The lowest BCUT2D eigenvalue weighted by Crippen LogP contribution is -2.49. The molecule has 0 bridgehead atoms. The fourth-order valence-electron chi connectivity index (χ4n) is 4.34. The molecule has 1 aliphatic heterocycles. The van der Waals surface area contributed by atoms with Gasteiger partial charge in [-0.3, -0.25) is 9.69 Å². The third kappa shape index (κ3) is 5.23. The van der Waals surface area contributed by atoms with Crippen LogP contribution in [0.5, 0.6) is 5.75 Å². The van der Waals surface area contributed by atoms with Crippen LogP contribution in [0.1, 0.15) is 56.6 Å². The summed E-state index contributed by atoms with van der Waals surface area (Å²) < 4.78 is 5.19. The first-order valence-electron chi connectivity index (χ1n) is 10.3. The van der Waals surface area contributed by atoms with E-state index in [1.165, 1.54) is 32.1 Å². The van der Waals surface area contributed by atoms with Crippen molar-refractivity contribution in [1.29, 1.82) is 5.26 Å². The summed E-state index contributed by atoms with van der Waals surface area (Å²) in [5.74, 6) is 1.84. The highest BCUT2D eigenvalue weighted by Crippen LogP contribution is 2.28. The van der Waals surface area contributed by atoms with Gasteiger partial charge in [0.25, 0.3) is 0 Å². The standard InChI is InChI=1S/C22H31N3O2/c1-27-20-10-8-19(9-11-20)21(17-23)24-13-15-25(16-14-24)22(26)12-7-18-5-3-2-4-6-18/h8-11,18,21H,2-7,12-16H2,1H3. The van der Waals surface area contributed by atoms with Gasteiger partial charge < -0.3 is 9.64 Å². The van der Waals surface area contributed by atoms with Gasteiger partial charge in [0.2, 0.25) is 5.91 Å². The number of hydrogen-bond acceptors (Lipinski definition) is 4. The number of benzene rings is 1. The Kier molecular flexibility index (Phi) is 7.11. The topological polar surface area (TPSA) is 56.6 Å². The highest BCUT2D eigenvalue weighted by molar-refractivity contribution is 5.76. The van der Waals surface area contributed by atoms with Gasteiger partial charge in [-0.25, -0.2) is 0 Å². The van der Waals surface area contributed by atoms with E-state index in [1.54, 1.807) is 7.11 Å². The van der Waals surface area contributed by atoms with E-state index in [-0.39, 0.29) is 11.9 Å². The molecule has 1 aliphatic carbocycles. The molecule has 5 heteroatoms. The van der Waals surface area contributed by atoms with E-state index in [2.05, 4.69) is 11.0 Å². The molecular weight excluding hydrogens is 338 g/mol. The summed E-state index contributed by atoms with van der Waals surface area (Å²) in [7, 11) is 1.64. The van der Waals surface area contributed by atoms with E-state index >= 15 is 0 Å². The predicted molar refractivity (Wildman–Crippen MR) is 105 cm³/mol. The van der Waals surface area contributed by atoms with Crippen LogP contribution in [0.25, 0.3) is 0 Å². The van der Waals surface area contributed by atoms with Gasteiger partial charge in [0.1, 0.15) is 11.8 Å². The number of nitriles is 1. The zero-order valence-corrected chi connectivity index (χ0v) is 16.4. The molecule has 1 unspecified atom stereocenters. The highest BCUT2D eigenvalue weighted by Gasteiger charge is 2.27. The van der Waals surface area contributed by atoms with Crippen LogP contribution >= 0.6 is 0 Å². The summed E-state index contributed by atoms with van der Waals surface area (Å²) in [5.41, 5.74) is 0.982. The smallest absolute Gasteiger partial charge is 0.222 e. The minimum absolute atomic E-state index is 0.268. The van der Waals surface area contributed by atoms with Crippen LogP contribution in [-0.4, -0.2) is 49.0 Å². The second-order valence-corrected chi connectivity index (χ2v) is 7.76. The number of carbonyl (C=O) groups excluding carboxylic acids is 1.